The molecule has 0 aromatic carbocycles. The largest absolute Gasteiger partial charge is 0.369 e. The summed E-state index contributed by atoms with van der Waals surface area (Å²) in [6.45, 7) is 2.70. The van der Waals surface area contributed by atoms with Gasteiger partial charge in [-0.15, -0.1) is 5.10 Å². The Morgan fingerprint density at radius 3 is 3.10 bits per heavy atom. The van der Waals surface area contributed by atoms with E-state index in [-0.39, 0.29) is 5.56 Å². The van der Waals surface area contributed by atoms with E-state index in [1.807, 2.05) is 10.9 Å². The van der Waals surface area contributed by atoms with Crippen LogP contribution in [0.4, 0.5) is 5.69 Å². The summed E-state index contributed by atoms with van der Waals surface area (Å²) in [7, 11) is 1.65. The van der Waals surface area contributed by atoms with Crippen LogP contribution in [0.15, 0.2) is 27.9 Å². The van der Waals surface area contributed by atoms with Crippen molar-refractivity contribution >= 4 is 21.6 Å². The highest BCUT2D eigenvalue weighted by atomic mass is 79.9. The summed E-state index contributed by atoms with van der Waals surface area (Å²) < 4.78 is 3.79. The van der Waals surface area contributed by atoms with Crippen LogP contribution in [0, 0.1) is 5.92 Å². The second-order valence-electron chi connectivity index (χ2n) is 5.35. The number of hydrogen-bond acceptors (Lipinski definition) is 5. The van der Waals surface area contributed by atoms with Gasteiger partial charge in [0.1, 0.15) is 4.47 Å². The van der Waals surface area contributed by atoms with Crippen molar-refractivity contribution in [3.8, 4) is 0 Å². The van der Waals surface area contributed by atoms with Gasteiger partial charge in [-0.25, -0.2) is 4.68 Å². The van der Waals surface area contributed by atoms with Crippen molar-refractivity contribution in [2.75, 3.05) is 18.0 Å². The summed E-state index contributed by atoms with van der Waals surface area (Å²) in [5.74, 6) is 0.497. The van der Waals surface area contributed by atoms with E-state index < -0.39 is 0 Å². The first-order chi connectivity index (χ1) is 10.1. The van der Waals surface area contributed by atoms with E-state index in [2.05, 4.69) is 36.2 Å². The quantitative estimate of drug-likeness (QED) is 0.825. The van der Waals surface area contributed by atoms with Crippen LogP contribution in [-0.4, -0.2) is 37.9 Å². The third kappa shape index (κ3) is 2.99. The molecule has 2 aromatic heterocycles. The molecule has 0 radical (unpaired) electrons. The molecular weight excluding hydrogens is 336 g/mol. The van der Waals surface area contributed by atoms with E-state index in [0.29, 0.717) is 10.4 Å². The van der Waals surface area contributed by atoms with Gasteiger partial charge >= 0.3 is 0 Å². The van der Waals surface area contributed by atoms with Gasteiger partial charge in [-0.05, 0) is 34.7 Å². The number of aromatic nitrogens is 5. The number of hydrogen-bond donors (Lipinski definition) is 0. The highest BCUT2D eigenvalue weighted by Crippen LogP contribution is 2.27. The first kappa shape index (κ1) is 14.2. The third-order valence-corrected chi connectivity index (χ3v) is 4.58. The van der Waals surface area contributed by atoms with Gasteiger partial charge in [0.2, 0.25) is 0 Å². The van der Waals surface area contributed by atoms with Gasteiger partial charge in [-0.1, -0.05) is 5.21 Å². The molecule has 3 rings (SSSR count). The zero-order chi connectivity index (χ0) is 14.8. The molecule has 7 nitrogen and oxygen atoms in total. The zero-order valence-corrected chi connectivity index (χ0v) is 13.4. The number of halogens is 1. The Morgan fingerprint density at radius 2 is 2.33 bits per heavy atom. The van der Waals surface area contributed by atoms with Crippen molar-refractivity contribution < 1.29 is 0 Å². The second kappa shape index (κ2) is 5.97. The van der Waals surface area contributed by atoms with Crippen LogP contribution in [0.5, 0.6) is 0 Å². The number of piperidine rings is 1. The standard InChI is InChI=1S/C13H17BrN6O/c1-18-13(21)12(14)11(7-16-18)19-5-2-3-10(8-19)9-20-6-4-15-17-20/h4,6-7,10H,2-3,5,8-9H2,1H3. The van der Waals surface area contributed by atoms with Gasteiger partial charge in [0.05, 0.1) is 18.1 Å². The van der Waals surface area contributed by atoms with Crippen LogP contribution in [-0.2, 0) is 13.6 Å². The molecule has 3 heterocycles. The van der Waals surface area contributed by atoms with E-state index in [1.165, 1.54) is 4.68 Å². The molecule has 21 heavy (non-hydrogen) atoms. The molecule has 1 unspecified atom stereocenters. The molecule has 0 saturated carbocycles. The lowest BCUT2D eigenvalue weighted by Crippen LogP contribution is -2.38. The second-order valence-corrected chi connectivity index (χ2v) is 6.14. The van der Waals surface area contributed by atoms with E-state index in [4.69, 9.17) is 0 Å². The fourth-order valence-corrected chi connectivity index (χ4v) is 3.36. The Labute approximate surface area is 130 Å². The Balaban J connectivity index is 1.77. The minimum Gasteiger partial charge on any atom is -0.369 e. The maximum absolute atomic E-state index is 12.0. The summed E-state index contributed by atoms with van der Waals surface area (Å²) in [5, 5.41) is 12.0. The van der Waals surface area contributed by atoms with Crippen LogP contribution in [0.3, 0.4) is 0 Å². The van der Waals surface area contributed by atoms with Gasteiger partial charge < -0.3 is 4.90 Å². The predicted molar refractivity (Wildman–Crippen MR) is 82.1 cm³/mol. The molecule has 1 aliphatic rings. The molecular formula is C13H17BrN6O. The molecule has 8 heteroatoms. The number of aryl methyl sites for hydroxylation is 1. The lowest BCUT2D eigenvalue weighted by Gasteiger charge is -2.34. The smallest absolute Gasteiger partial charge is 0.282 e. The summed E-state index contributed by atoms with van der Waals surface area (Å²) in [4.78, 5) is 14.2. The van der Waals surface area contributed by atoms with Gasteiger partial charge in [-0.3, -0.25) is 9.48 Å². The van der Waals surface area contributed by atoms with E-state index in [9.17, 15) is 4.79 Å². The average Bonchev–Trinajstić information content (AvgIpc) is 2.98. The number of nitrogens with zero attached hydrogens (tertiary/aromatic N) is 6. The van der Waals surface area contributed by atoms with Crippen molar-refractivity contribution in [1.29, 1.82) is 0 Å². The molecule has 1 atom stereocenters. The van der Waals surface area contributed by atoms with Crippen LogP contribution in [0.2, 0.25) is 0 Å². The van der Waals surface area contributed by atoms with Gasteiger partial charge in [0.25, 0.3) is 5.56 Å². The van der Waals surface area contributed by atoms with E-state index in [1.54, 1.807) is 19.4 Å². The topological polar surface area (TPSA) is 68.8 Å². The number of rotatable bonds is 3. The molecule has 0 aliphatic carbocycles. The minimum absolute atomic E-state index is 0.106. The average molecular weight is 353 g/mol. The Hall–Kier alpha value is -1.70. The van der Waals surface area contributed by atoms with Crippen LogP contribution >= 0.6 is 15.9 Å². The molecule has 2 aromatic rings. The normalized spacial score (nSPS) is 19.0. The Bertz CT molecular complexity index is 668. The van der Waals surface area contributed by atoms with Crippen LogP contribution in [0.1, 0.15) is 12.8 Å². The van der Waals surface area contributed by atoms with E-state index in [0.717, 1.165) is 38.2 Å². The molecule has 1 fully saturated rings. The lowest BCUT2D eigenvalue weighted by atomic mass is 9.98. The molecule has 1 saturated heterocycles. The van der Waals surface area contributed by atoms with Crippen molar-refractivity contribution in [2.24, 2.45) is 13.0 Å². The maximum Gasteiger partial charge on any atom is 0.282 e. The van der Waals surface area contributed by atoms with Crippen molar-refractivity contribution in [3.05, 3.63) is 33.4 Å². The van der Waals surface area contributed by atoms with Gasteiger partial charge in [-0.2, -0.15) is 5.10 Å². The molecule has 112 valence electrons. The highest BCUT2D eigenvalue weighted by molar-refractivity contribution is 9.10. The first-order valence-corrected chi connectivity index (χ1v) is 7.75. The molecule has 0 bridgehead atoms. The molecule has 0 amide bonds. The fraction of sp³-hybridized carbons (Fsp3) is 0.538. The van der Waals surface area contributed by atoms with Crippen LogP contribution in [0.25, 0.3) is 0 Å². The zero-order valence-electron chi connectivity index (χ0n) is 11.8. The van der Waals surface area contributed by atoms with Gasteiger partial charge in [0, 0.05) is 32.9 Å². The number of anilines is 1. The van der Waals surface area contributed by atoms with Crippen molar-refractivity contribution in [1.82, 2.24) is 24.8 Å². The minimum atomic E-state index is -0.106. The Morgan fingerprint density at radius 1 is 1.48 bits per heavy atom. The van der Waals surface area contributed by atoms with Crippen LogP contribution < -0.4 is 10.5 Å². The maximum atomic E-state index is 12.0. The summed E-state index contributed by atoms with van der Waals surface area (Å²) in [5.41, 5.74) is 0.771. The summed E-state index contributed by atoms with van der Waals surface area (Å²) in [6.07, 6.45) is 7.59. The van der Waals surface area contributed by atoms with Crippen molar-refractivity contribution in [2.45, 2.75) is 19.4 Å². The third-order valence-electron chi connectivity index (χ3n) is 3.84. The molecule has 0 N–H and O–H groups in total. The predicted octanol–water partition coefficient (Wildman–Crippen LogP) is 1.05. The first-order valence-electron chi connectivity index (χ1n) is 6.96. The lowest BCUT2D eigenvalue weighted by molar-refractivity contribution is 0.348. The summed E-state index contributed by atoms with van der Waals surface area (Å²) >= 11 is 3.40. The SMILES string of the molecule is Cn1ncc(N2CCCC(Cn3ccnn3)C2)c(Br)c1=O. The summed E-state index contributed by atoms with van der Waals surface area (Å²) in [6, 6.07) is 0. The van der Waals surface area contributed by atoms with Gasteiger partial charge in [0.15, 0.2) is 0 Å². The molecule has 0 spiro atoms. The van der Waals surface area contributed by atoms with E-state index >= 15 is 0 Å². The Kier molecular flexibility index (Phi) is 4.05. The fourth-order valence-electron chi connectivity index (χ4n) is 2.75. The monoisotopic (exact) mass is 352 g/mol. The molecule has 1 aliphatic heterocycles. The highest BCUT2D eigenvalue weighted by Gasteiger charge is 2.23. The van der Waals surface area contributed by atoms with Crippen molar-refractivity contribution in [3.63, 3.8) is 0 Å².